The van der Waals surface area contributed by atoms with Crippen molar-refractivity contribution in [1.29, 1.82) is 0 Å². The van der Waals surface area contributed by atoms with Gasteiger partial charge in [-0.25, -0.2) is 4.79 Å². The summed E-state index contributed by atoms with van der Waals surface area (Å²) in [5.74, 6) is -2.61. The fraction of sp³-hybridized carbons (Fsp3) is 0.475. The number of esters is 4. The number of aromatic amines is 1. The van der Waals surface area contributed by atoms with Gasteiger partial charge in [-0.1, -0.05) is 56.3 Å². The van der Waals surface area contributed by atoms with Gasteiger partial charge in [-0.15, -0.1) is 5.10 Å². The second-order valence-corrected chi connectivity index (χ2v) is 13.5. The first kappa shape index (κ1) is 44.5. The molecule has 58 heavy (non-hydrogen) atoms. The first-order valence-electron chi connectivity index (χ1n) is 18.7. The monoisotopic (exact) mass is 810 g/mol. The van der Waals surface area contributed by atoms with Gasteiger partial charge in [0.1, 0.15) is 25.1 Å². The third kappa shape index (κ3) is 14.1. The SMILES string of the molecule is CC(=O)OC[C@H]1O[C@@H](Oc2n[nH]c(C(C)C)c2Cc2ccc(OCCCNC(=O)CNC(=O)OCc3ccccc3)cc2)[C@H](OC(C)=O)[C@@H](OC(C)=O)[C@@H]1OC(C)=O. The lowest BCUT2D eigenvalue weighted by molar-refractivity contribution is -0.289. The van der Waals surface area contributed by atoms with Crippen LogP contribution >= 0.6 is 0 Å². The van der Waals surface area contributed by atoms with Gasteiger partial charge in [-0.2, -0.15) is 0 Å². The third-order valence-corrected chi connectivity index (χ3v) is 8.44. The van der Waals surface area contributed by atoms with Crippen molar-refractivity contribution in [3.63, 3.8) is 0 Å². The maximum atomic E-state index is 12.3. The predicted octanol–water partition coefficient (Wildman–Crippen LogP) is 3.40. The fourth-order valence-corrected chi connectivity index (χ4v) is 5.89. The Balaban J connectivity index is 1.37. The molecule has 2 amide bonds. The highest BCUT2D eigenvalue weighted by Gasteiger charge is 2.53. The van der Waals surface area contributed by atoms with Crippen molar-refractivity contribution in [3.8, 4) is 11.6 Å². The first-order chi connectivity index (χ1) is 27.7. The van der Waals surface area contributed by atoms with Crippen LogP contribution in [0.1, 0.15) is 76.3 Å². The van der Waals surface area contributed by atoms with E-state index in [9.17, 15) is 28.8 Å². The van der Waals surface area contributed by atoms with E-state index >= 15 is 0 Å². The first-order valence-corrected chi connectivity index (χ1v) is 18.7. The minimum Gasteiger partial charge on any atom is -0.494 e. The smallest absolute Gasteiger partial charge is 0.407 e. The van der Waals surface area contributed by atoms with Crippen LogP contribution in [-0.2, 0) is 65.4 Å². The van der Waals surface area contributed by atoms with E-state index < -0.39 is 67.3 Å². The van der Waals surface area contributed by atoms with Gasteiger partial charge >= 0.3 is 30.0 Å². The second kappa shape index (κ2) is 21.9. The number of nitrogens with zero attached hydrogens (tertiary/aromatic N) is 1. The summed E-state index contributed by atoms with van der Waals surface area (Å²) in [6, 6.07) is 16.5. The number of H-pyrrole nitrogens is 1. The average Bonchev–Trinajstić information content (AvgIpc) is 3.56. The summed E-state index contributed by atoms with van der Waals surface area (Å²) in [6.07, 6.45) is -6.66. The van der Waals surface area contributed by atoms with Gasteiger partial charge in [0.15, 0.2) is 12.2 Å². The highest BCUT2D eigenvalue weighted by molar-refractivity contribution is 5.82. The lowest BCUT2D eigenvalue weighted by Crippen LogP contribution is -2.63. The number of carbonyl (C=O) groups excluding carboxylic acids is 6. The van der Waals surface area contributed by atoms with Gasteiger partial charge in [0.05, 0.1) is 13.2 Å². The van der Waals surface area contributed by atoms with E-state index in [0.717, 1.165) is 37.6 Å². The number of carbonyl (C=O) groups is 6. The molecular weight excluding hydrogens is 760 g/mol. The van der Waals surface area contributed by atoms with Crippen LogP contribution in [0.4, 0.5) is 4.79 Å². The highest BCUT2D eigenvalue weighted by atomic mass is 16.7. The van der Waals surface area contributed by atoms with E-state index in [4.69, 9.17) is 37.9 Å². The van der Waals surface area contributed by atoms with Crippen LogP contribution in [0.25, 0.3) is 0 Å². The van der Waals surface area contributed by atoms with E-state index in [0.29, 0.717) is 37.3 Å². The van der Waals surface area contributed by atoms with Crippen molar-refractivity contribution in [2.75, 3.05) is 26.3 Å². The molecule has 2 heterocycles. The molecule has 1 aliphatic rings. The van der Waals surface area contributed by atoms with Crippen molar-refractivity contribution < 1.29 is 66.7 Å². The molecule has 1 aliphatic heterocycles. The van der Waals surface area contributed by atoms with Crippen LogP contribution in [0, 0.1) is 0 Å². The summed E-state index contributed by atoms with van der Waals surface area (Å²) in [4.78, 5) is 72.4. The summed E-state index contributed by atoms with van der Waals surface area (Å²) in [5, 5.41) is 12.5. The third-order valence-electron chi connectivity index (χ3n) is 8.44. The molecule has 1 fully saturated rings. The maximum Gasteiger partial charge on any atom is 0.407 e. The Hall–Kier alpha value is -6.17. The van der Waals surface area contributed by atoms with Gasteiger partial charge in [0.25, 0.3) is 0 Å². The number of alkyl carbamates (subject to hydrolysis) is 1. The normalized spacial score (nSPS) is 18.6. The minimum absolute atomic E-state index is 0.0254. The highest BCUT2D eigenvalue weighted by Crippen LogP contribution is 2.34. The van der Waals surface area contributed by atoms with Crippen molar-refractivity contribution >= 4 is 35.9 Å². The summed E-state index contributed by atoms with van der Waals surface area (Å²) < 4.78 is 45.0. The Bertz CT molecular complexity index is 1850. The summed E-state index contributed by atoms with van der Waals surface area (Å²) in [7, 11) is 0. The topological polar surface area (TPSA) is 229 Å². The molecule has 2 aromatic carbocycles. The Labute approximate surface area is 335 Å². The minimum atomic E-state index is -1.46. The van der Waals surface area contributed by atoms with Crippen LogP contribution in [0.15, 0.2) is 54.6 Å². The Kier molecular flexibility index (Phi) is 16.9. The van der Waals surface area contributed by atoms with Gasteiger partial charge in [0, 0.05) is 51.9 Å². The zero-order chi connectivity index (χ0) is 42.2. The molecule has 0 bridgehead atoms. The molecule has 4 rings (SSSR count). The Morgan fingerprint density at radius 2 is 1.43 bits per heavy atom. The predicted molar refractivity (Wildman–Crippen MR) is 202 cm³/mol. The number of hydrogen-bond donors (Lipinski definition) is 3. The summed E-state index contributed by atoms with van der Waals surface area (Å²) >= 11 is 0. The standard InChI is InChI=1S/C40H50N4O14/c1-23(2)34-31(19-28-13-15-30(16-14-28)51-18-10-17-41-33(49)20-42-40(50)53-21-29-11-8-7-9-12-29)38(44-43-34)58-39-37(56-27(6)48)36(55-26(5)47)35(54-25(4)46)32(57-39)22-52-24(3)45/h7-9,11-16,23,32,35-37,39H,10,17-22H2,1-6H3,(H,41,49)(H,42,50)(H,43,44)/t32-,35-,36+,37-,39+/m1/s1. The number of hydrogen-bond acceptors (Lipinski definition) is 15. The molecule has 0 spiro atoms. The van der Waals surface area contributed by atoms with Gasteiger partial charge in [-0.3, -0.25) is 29.1 Å². The number of amides is 2. The van der Waals surface area contributed by atoms with Gasteiger partial charge < -0.3 is 48.5 Å². The van der Waals surface area contributed by atoms with E-state index in [1.165, 1.54) is 6.92 Å². The molecule has 1 saturated heterocycles. The largest absolute Gasteiger partial charge is 0.494 e. The Morgan fingerprint density at radius 3 is 2.07 bits per heavy atom. The lowest BCUT2D eigenvalue weighted by Gasteiger charge is -2.43. The van der Waals surface area contributed by atoms with Crippen LogP contribution in [0.3, 0.4) is 0 Å². The van der Waals surface area contributed by atoms with E-state index in [1.807, 2.05) is 56.3 Å². The number of rotatable bonds is 19. The molecule has 18 nitrogen and oxygen atoms in total. The molecule has 0 saturated carbocycles. The quantitative estimate of drug-likeness (QED) is 0.0896. The zero-order valence-electron chi connectivity index (χ0n) is 33.3. The zero-order valence-corrected chi connectivity index (χ0v) is 33.3. The summed E-state index contributed by atoms with van der Waals surface area (Å²) in [6.45, 7) is 8.65. The molecule has 3 N–H and O–H groups in total. The Morgan fingerprint density at radius 1 is 0.776 bits per heavy atom. The van der Waals surface area contributed by atoms with Gasteiger partial charge in [0.2, 0.25) is 24.2 Å². The van der Waals surface area contributed by atoms with Gasteiger partial charge in [-0.05, 0) is 35.6 Å². The number of aromatic nitrogens is 2. The average molecular weight is 811 g/mol. The van der Waals surface area contributed by atoms with E-state index in [-0.39, 0.29) is 30.9 Å². The molecule has 1 aromatic heterocycles. The lowest BCUT2D eigenvalue weighted by atomic mass is 9.97. The van der Waals surface area contributed by atoms with Crippen LogP contribution in [0.2, 0.25) is 0 Å². The van der Waals surface area contributed by atoms with E-state index in [2.05, 4.69) is 20.8 Å². The molecule has 314 valence electrons. The molecule has 0 unspecified atom stereocenters. The van der Waals surface area contributed by atoms with Crippen LogP contribution in [-0.4, -0.2) is 103 Å². The molecule has 0 radical (unpaired) electrons. The number of benzene rings is 2. The molecule has 0 aliphatic carbocycles. The molecule has 18 heteroatoms. The number of nitrogens with one attached hydrogen (secondary N) is 3. The molecule has 5 atom stereocenters. The van der Waals surface area contributed by atoms with Crippen LogP contribution < -0.4 is 20.1 Å². The van der Waals surface area contributed by atoms with E-state index in [1.54, 1.807) is 12.1 Å². The second-order valence-electron chi connectivity index (χ2n) is 13.5. The molecular formula is C40H50N4O14. The summed E-state index contributed by atoms with van der Waals surface area (Å²) in [5.41, 5.74) is 3.11. The fourth-order valence-electron chi connectivity index (χ4n) is 5.89. The van der Waals surface area contributed by atoms with Crippen molar-refractivity contribution in [1.82, 2.24) is 20.8 Å². The van der Waals surface area contributed by atoms with Crippen molar-refractivity contribution in [3.05, 3.63) is 77.0 Å². The number of ether oxygens (including phenoxy) is 8. The molecule has 3 aromatic rings. The maximum absolute atomic E-state index is 12.3. The van der Waals surface area contributed by atoms with Crippen molar-refractivity contribution in [2.45, 2.75) is 97.6 Å². The van der Waals surface area contributed by atoms with Crippen molar-refractivity contribution in [2.24, 2.45) is 0 Å². The van der Waals surface area contributed by atoms with Crippen LogP contribution in [0.5, 0.6) is 11.6 Å².